The van der Waals surface area contributed by atoms with Crippen LogP contribution in [0.1, 0.15) is 11.9 Å². The van der Waals surface area contributed by atoms with Crippen LogP contribution in [0, 0.1) is 0 Å². The van der Waals surface area contributed by atoms with Gasteiger partial charge in [-0.25, -0.2) is 0 Å². The number of aromatic nitrogens is 1. The van der Waals surface area contributed by atoms with Gasteiger partial charge in [-0.15, -0.1) is 0 Å². The van der Waals surface area contributed by atoms with Crippen molar-refractivity contribution in [3.8, 4) is 0 Å². The van der Waals surface area contributed by atoms with Crippen molar-refractivity contribution in [3.63, 3.8) is 0 Å². The topological polar surface area (TPSA) is 12.9 Å². The van der Waals surface area contributed by atoms with Gasteiger partial charge in [0, 0.05) is 0 Å². The van der Waals surface area contributed by atoms with Crippen molar-refractivity contribution >= 4 is 6.91 Å². The van der Waals surface area contributed by atoms with Gasteiger partial charge in [-0.1, -0.05) is 0 Å². The van der Waals surface area contributed by atoms with Crippen LogP contribution in [0.25, 0.3) is 0 Å². The van der Waals surface area contributed by atoms with Crippen LogP contribution in [0.5, 0.6) is 0 Å². The van der Waals surface area contributed by atoms with E-state index in [9.17, 15) is 0 Å². The van der Waals surface area contributed by atoms with Crippen molar-refractivity contribution in [2.24, 2.45) is 0 Å². The van der Waals surface area contributed by atoms with E-state index in [1.54, 1.807) is 6.20 Å². The van der Waals surface area contributed by atoms with Crippen molar-refractivity contribution in [2.75, 3.05) is 0 Å². The molecule has 1 aromatic heterocycles. The van der Waals surface area contributed by atoms with E-state index in [1.165, 1.54) is 5.46 Å². The fourth-order valence-corrected chi connectivity index (χ4v) is 0.815. The van der Waals surface area contributed by atoms with Crippen LogP contribution < -0.4 is 0 Å². The second-order valence-electron chi connectivity index (χ2n) is 2.19. The molecule has 10 heavy (non-hydrogen) atoms. The summed E-state index contributed by atoms with van der Waals surface area (Å²) < 4.78 is 0. The van der Waals surface area contributed by atoms with E-state index in [1.807, 2.05) is 18.2 Å². The van der Waals surface area contributed by atoms with E-state index in [4.69, 9.17) is 0 Å². The first-order valence-electron chi connectivity index (χ1n) is 3.43. The molecule has 0 aliphatic carbocycles. The van der Waals surface area contributed by atoms with Crippen molar-refractivity contribution in [3.05, 3.63) is 36.5 Å². The molecule has 0 spiro atoms. The van der Waals surface area contributed by atoms with Gasteiger partial charge in [0.25, 0.3) is 0 Å². The molecule has 0 saturated heterocycles. The molecule has 0 aromatic carbocycles. The third-order valence-corrected chi connectivity index (χ3v) is 1.36. The molecule has 0 aliphatic heterocycles. The number of rotatable bonds is 3. The van der Waals surface area contributed by atoms with Crippen molar-refractivity contribution in [1.29, 1.82) is 0 Å². The fraction of sp³-hybridized carbons (Fsp3) is 0.250. The molecule has 1 nitrogen and oxygen atoms in total. The molecule has 0 saturated carbocycles. The second-order valence-corrected chi connectivity index (χ2v) is 2.19. The Labute approximate surface area is 62.0 Å². The Morgan fingerprint density at radius 1 is 1.70 bits per heavy atom. The van der Waals surface area contributed by atoms with E-state index in [2.05, 4.69) is 18.5 Å². The summed E-state index contributed by atoms with van der Waals surface area (Å²) in [6.07, 6.45) is 7.69. The molecule has 1 heterocycles. The third kappa shape index (κ3) is 2.13. The first-order valence-corrected chi connectivity index (χ1v) is 3.43. The van der Waals surface area contributed by atoms with Gasteiger partial charge in [0.15, 0.2) is 0 Å². The molecular formula is C8H10BN. The van der Waals surface area contributed by atoms with Gasteiger partial charge >= 0.3 is 61.2 Å². The van der Waals surface area contributed by atoms with Crippen LogP contribution in [-0.4, -0.2) is 11.9 Å². The predicted octanol–water partition coefficient (Wildman–Crippen LogP) is 1.54. The molecular weight excluding hydrogens is 121 g/mol. The van der Waals surface area contributed by atoms with Crippen LogP contribution in [0.4, 0.5) is 0 Å². The van der Waals surface area contributed by atoms with Gasteiger partial charge in [-0.2, -0.15) is 0 Å². The quantitative estimate of drug-likeness (QED) is 0.567. The van der Waals surface area contributed by atoms with E-state index in [0.717, 1.165) is 12.8 Å². The van der Waals surface area contributed by atoms with Crippen LogP contribution in [-0.2, 0) is 6.42 Å². The molecule has 1 aromatic rings. The Balaban J connectivity index is 2.50. The number of nitrogens with zero attached hydrogens (tertiary/aromatic N) is 1. The average Bonchev–Trinajstić information content (AvgIpc) is 2.03. The zero-order chi connectivity index (χ0) is 7.23. The van der Waals surface area contributed by atoms with Gasteiger partial charge in [-0.3, -0.25) is 0 Å². The number of hydrogen-bond acceptors (Lipinski definition) is 1. The van der Waals surface area contributed by atoms with Gasteiger partial charge in [0.05, 0.1) is 0 Å². The average molecular weight is 131 g/mol. The van der Waals surface area contributed by atoms with E-state index < -0.39 is 0 Å². The van der Waals surface area contributed by atoms with Crippen molar-refractivity contribution < 1.29 is 0 Å². The fourth-order valence-electron chi connectivity index (χ4n) is 0.815. The van der Waals surface area contributed by atoms with Crippen LogP contribution in [0.3, 0.4) is 0 Å². The molecule has 0 unspecified atom stereocenters. The maximum absolute atomic E-state index is 4.00. The van der Waals surface area contributed by atoms with Crippen LogP contribution >= 0.6 is 0 Å². The molecule has 2 heteroatoms. The Hall–Kier alpha value is -0.915. The molecule has 1 rings (SSSR count). The molecule has 0 atom stereocenters. The molecule has 0 amide bonds. The monoisotopic (exact) mass is 131 g/mol. The molecule has 0 N–H and O–H groups in total. The van der Waals surface area contributed by atoms with Crippen LogP contribution in [0.2, 0.25) is 0 Å². The minimum absolute atomic E-state index is 1.03. The molecule has 0 bridgehead atoms. The first kappa shape index (κ1) is 7.20. The maximum atomic E-state index is 4.00. The zero-order valence-electron chi connectivity index (χ0n) is 5.96. The summed E-state index contributed by atoms with van der Waals surface area (Å²) in [6.45, 7) is 5.74. The standard InChI is InChI=1S/C8H10BN/c1-2-3-4-8-7-10-6-5-9-8/h2,5-7H,1,3-4H2. The minimum atomic E-state index is 1.03. The first-order chi connectivity index (χ1) is 4.93. The summed E-state index contributed by atoms with van der Waals surface area (Å²) in [7, 11) is 0. The van der Waals surface area contributed by atoms with E-state index in [0.29, 0.717) is 0 Å². The van der Waals surface area contributed by atoms with E-state index in [-0.39, 0.29) is 0 Å². The Morgan fingerprint density at radius 3 is 3.20 bits per heavy atom. The molecule has 50 valence electrons. The Kier molecular flexibility index (Phi) is 2.87. The summed E-state index contributed by atoms with van der Waals surface area (Å²) in [5.74, 6) is 1.96. The van der Waals surface area contributed by atoms with Crippen molar-refractivity contribution in [1.82, 2.24) is 4.98 Å². The Bertz CT molecular complexity index is 196. The predicted molar refractivity (Wildman–Crippen MR) is 44.1 cm³/mol. The normalized spacial score (nSPS) is 8.80. The van der Waals surface area contributed by atoms with Gasteiger partial charge in [0.2, 0.25) is 0 Å². The number of allylic oxidation sites excluding steroid dienone is 1. The van der Waals surface area contributed by atoms with Crippen LogP contribution in [0.15, 0.2) is 31.0 Å². The zero-order valence-corrected chi connectivity index (χ0v) is 5.96. The SMILES string of the molecule is C=CCCc1bccnc1. The summed E-state index contributed by atoms with van der Waals surface area (Å²) in [5.41, 5.74) is 1.28. The molecule has 0 aliphatic rings. The van der Waals surface area contributed by atoms with Gasteiger partial charge in [-0.05, 0) is 0 Å². The third-order valence-electron chi connectivity index (χ3n) is 1.36. The Morgan fingerprint density at radius 2 is 2.60 bits per heavy atom. The summed E-state index contributed by atoms with van der Waals surface area (Å²) in [4.78, 5) is 4.00. The summed E-state index contributed by atoms with van der Waals surface area (Å²) >= 11 is 0. The van der Waals surface area contributed by atoms with Crippen molar-refractivity contribution in [2.45, 2.75) is 12.8 Å². The van der Waals surface area contributed by atoms with Gasteiger partial charge in [0.1, 0.15) is 0 Å². The second kappa shape index (κ2) is 3.99. The summed E-state index contributed by atoms with van der Waals surface area (Å²) in [6, 6.07) is 0. The number of aryl methyl sites for hydroxylation is 1. The number of hydrogen-bond donors (Lipinski definition) is 0. The van der Waals surface area contributed by atoms with E-state index >= 15 is 0 Å². The van der Waals surface area contributed by atoms with Gasteiger partial charge < -0.3 is 0 Å². The summed E-state index contributed by atoms with van der Waals surface area (Å²) in [5, 5.41) is 0. The molecule has 0 fully saturated rings. The molecule has 0 radical (unpaired) electrons.